The molecule has 0 radical (unpaired) electrons. The highest BCUT2D eigenvalue weighted by Gasteiger charge is 2.30. The van der Waals surface area contributed by atoms with E-state index in [1.54, 1.807) is 62.4 Å². The second-order valence-corrected chi connectivity index (χ2v) is 15.5. The van der Waals surface area contributed by atoms with Crippen LogP contribution in [0.15, 0.2) is 60.7 Å². The number of benzene rings is 2. The standard InChI is InChI=1S/C43H59N9O15/c1-24(2)47-40(62)32(22-36(57)58)49-37(59)27(44)23-46-38(60)31(21-26-11-7-4-8-12-26)50-39(61)28(14-13-25-9-5-3-6-10-25)48-34(54)19-20-45-33(53)17-15-29(41(63)64)51-43(67)52-30(42(65)66)16-18-35(55)56/h3-12,24,27-32H,13-23,44H2,1-2H3,(H,45,53)(H,46,60)(H,47,62)(H,48,54)(H,49,59)(H,50,61)(H,55,56)(H,57,58)(H,63,64)(H,65,66)(H2,51,52,67)/t27-,28-,29-,30-,31-,32-/m0/s1. The number of carboxylic acid groups (broad SMARTS) is 4. The molecule has 0 saturated heterocycles. The van der Waals surface area contributed by atoms with Crippen molar-refractivity contribution in [2.45, 2.75) is 114 Å². The molecule has 2 aromatic carbocycles. The van der Waals surface area contributed by atoms with Gasteiger partial charge in [0.25, 0.3) is 0 Å². The minimum atomic E-state index is -1.65. The Morgan fingerprint density at radius 1 is 0.507 bits per heavy atom. The first-order chi connectivity index (χ1) is 31.6. The molecule has 0 aliphatic heterocycles. The lowest BCUT2D eigenvalue weighted by Crippen LogP contribution is -2.58. The Morgan fingerprint density at radius 2 is 1.04 bits per heavy atom. The predicted molar refractivity (Wildman–Crippen MR) is 235 cm³/mol. The second kappa shape index (κ2) is 29.0. The number of hydrogen-bond donors (Lipinski definition) is 13. The Bertz CT molecular complexity index is 2040. The topological polar surface area (TPSA) is 391 Å². The maximum Gasteiger partial charge on any atom is 0.326 e. The summed E-state index contributed by atoms with van der Waals surface area (Å²) in [5.41, 5.74) is 7.47. The average molecular weight is 942 g/mol. The van der Waals surface area contributed by atoms with Crippen molar-refractivity contribution in [3.63, 3.8) is 0 Å². The number of carbonyl (C=O) groups excluding carboxylic acids is 7. The number of aliphatic carboxylic acids is 4. The van der Waals surface area contributed by atoms with E-state index in [0.29, 0.717) is 12.0 Å². The molecule has 366 valence electrons. The first kappa shape index (κ1) is 55.5. The number of nitrogens with two attached hydrogens (primary N) is 1. The fraction of sp³-hybridized carbons (Fsp3) is 0.465. The van der Waals surface area contributed by atoms with Crippen molar-refractivity contribution in [1.82, 2.24) is 42.5 Å². The maximum atomic E-state index is 13.9. The van der Waals surface area contributed by atoms with Gasteiger partial charge in [0.1, 0.15) is 36.3 Å². The number of hydrogen-bond acceptors (Lipinski definition) is 12. The largest absolute Gasteiger partial charge is 0.481 e. The summed E-state index contributed by atoms with van der Waals surface area (Å²) < 4.78 is 0. The zero-order valence-electron chi connectivity index (χ0n) is 37.0. The Kier molecular flexibility index (Phi) is 24.0. The van der Waals surface area contributed by atoms with Gasteiger partial charge in [0.15, 0.2) is 0 Å². The molecule has 8 amide bonds. The lowest BCUT2D eigenvalue weighted by atomic mass is 10.0. The van der Waals surface area contributed by atoms with E-state index in [4.69, 9.17) is 10.8 Å². The summed E-state index contributed by atoms with van der Waals surface area (Å²) in [7, 11) is 0. The highest BCUT2D eigenvalue weighted by Crippen LogP contribution is 2.09. The molecule has 0 unspecified atom stereocenters. The highest BCUT2D eigenvalue weighted by atomic mass is 16.4. The van der Waals surface area contributed by atoms with E-state index in [2.05, 4.69) is 31.9 Å². The van der Waals surface area contributed by atoms with Crippen molar-refractivity contribution < 1.29 is 73.2 Å². The highest BCUT2D eigenvalue weighted by molar-refractivity contribution is 5.94. The summed E-state index contributed by atoms with van der Waals surface area (Å²) in [6.45, 7) is 2.54. The maximum absolute atomic E-state index is 13.9. The molecule has 24 heteroatoms. The second-order valence-electron chi connectivity index (χ2n) is 15.5. The van der Waals surface area contributed by atoms with Gasteiger partial charge in [0, 0.05) is 44.8 Å². The SMILES string of the molecule is CC(C)NC(=O)[C@H](CC(=O)O)NC(=O)[C@@H](N)CNC(=O)[C@H](Cc1ccccc1)NC(=O)[C@H](CCc1ccccc1)NC(=O)CCNC(=O)CC[C@H](NC(=O)N[C@@H](CCC(=O)O)C(=O)O)C(=O)O. The van der Waals surface area contributed by atoms with Gasteiger partial charge in [-0.25, -0.2) is 14.4 Å². The van der Waals surface area contributed by atoms with Gasteiger partial charge >= 0.3 is 29.9 Å². The molecular formula is C43H59N9O15. The first-order valence-corrected chi connectivity index (χ1v) is 21.2. The fourth-order valence-electron chi connectivity index (χ4n) is 6.12. The number of rotatable bonds is 30. The molecule has 0 fully saturated rings. The third kappa shape index (κ3) is 22.7. The molecule has 0 saturated carbocycles. The molecule has 0 spiro atoms. The van der Waals surface area contributed by atoms with Crippen molar-refractivity contribution in [1.29, 1.82) is 0 Å². The third-order valence-electron chi connectivity index (χ3n) is 9.60. The van der Waals surface area contributed by atoms with Crippen LogP contribution in [0.3, 0.4) is 0 Å². The van der Waals surface area contributed by atoms with Gasteiger partial charge in [-0.1, -0.05) is 60.7 Å². The van der Waals surface area contributed by atoms with Crippen LogP contribution < -0.4 is 48.3 Å². The molecule has 6 atom stereocenters. The lowest BCUT2D eigenvalue weighted by Gasteiger charge is -2.24. The fourth-order valence-corrected chi connectivity index (χ4v) is 6.12. The van der Waals surface area contributed by atoms with Gasteiger partial charge in [-0.2, -0.15) is 0 Å². The van der Waals surface area contributed by atoms with Gasteiger partial charge in [-0.05, 0) is 50.7 Å². The molecule has 0 heterocycles. The summed E-state index contributed by atoms with van der Waals surface area (Å²) in [6.07, 6.45) is -2.72. The smallest absolute Gasteiger partial charge is 0.326 e. The van der Waals surface area contributed by atoms with E-state index in [1.165, 1.54) is 0 Å². The van der Waals surface area contributed by atoms with Crippen molar-refractivity contribution in [2.24, 2.45) is 5.73 Å². The average Bonchev–Trinajstić information content (AvgIpc) is 3.26. The van der Waals surface area contributed by atoms with Crippen molar-refractivity contribution in [3.8, 4) is 0 Å². The number of carbonyl (C=O) groups is 11. The zero-order chi connectivity index (χ0) is 50.1. The molecule has 0 aromatic heterocycles. The quantitative estimate of drug-likeness (QED) is 0.0407. The van der Waals surface area contributed by atoms with Gasteiger partial charge in [0.2, 0.25) is 35.4 Å². The van der Waals surface area contributed by atoms with Crippen molar-refractivity contribution in [3.05, 3.63) is 71.8 Å². The molecule has 2 aromatic rings. The third-order valence-corrected chi connectivity index (χ3v) is 9.60. The van der Waals surface area contributed by atoms with Crippen LogP contribution in [-0.2, 0) is 60.8 Å². The summed E-state index contributed by atoms with van der Waals surface area (Å²) >= 11 is 0. The van der Waals surface area contributed by atoms with Crippen LogP contribution in [0.25, 0.3) is 0 Å². The van der Waals surface area contributed by atoms with Crippen LogP contribution in [-0.4, -0.2) is 141 Å². The molecule has 2 rings (SSSR count). The van der Waals surface area contributed by atoms with Gasteiger partial charge in [-0.15, -0.1) is 0 Å². The zero-order valence-corrected chi connectivity index (χ0v) is 37.0. The molecule has 24 nitrogen and oxygen atoms in total. The molecule has 0 bridgehead atoms. The summed E-state index contributed by atoms with van der Waals surface area (Å²) in [5, 5.41) is 55.9. The van der Waals surface area contributed by atoms with Crippen molar-refractivity contribution >= 4 is 65.4 Å². The Morgan fingerprint density at radius 3 is 1.58 bits per heavy atom. The van der Waals surface area contributed by atoms with E-state index >= 15 is 0 Å². The monoisotopic (exact) mass is 941 g/mol. The van der Waals surface area contributed by atoms with E-state index in [-0.39, 0.29) is 31.8 Å². The van der Waals surface area contributed by atoms with E-state index in [1.807, 2.05) is 22.8 Å². The summed E-state index contributed by atoms with van der Waals surface area (Å²) in [6, 6.07) is 7.31. The van der Waals surface area contributed by atoms with Crippen molar-refractivity contribution in [2.75, 3.05) is 13.1 Å². The molecule has 0 aliphatic rings. The van der Waals surface area contributed by atoms with E-state index in [0.717, 1.165) is 5.56 Å². The number of amides is 8. The van der Waals surface area contributed by atoms with Gasteiger partial charge < -0.3 is 68.7 Å². The van der Waals surface area contributed by atoms with E-state index in [9.17, 15) is 68.1 Å². The number of carboxylic acids is 4. The summed E-state index contributed by atoms with van der Waals surface area (Å²) in [4.78, 5) is 136. The summed E-state index contributed by atoms with van der Waals surface area (Å²) in [5.74, 6) is -10.4. The number of aryl methyl sites for hydroxylation is 1. The first-order valence-electron chi connectivity index (χ1n) is 21.2. The molecule has 14 N–H and O–H groups in total. The minimum Gasteiger partial charge on any atom is -0.481 e. The minimum absolute atomic E-state index is 0.0418. The number of nitrogens with one attached hydrogen (secondary N) is 8. The predicted octanol–water partition coefficient (Wildman–Crippen LogP) is -1.88. The molecule has 67 heavy (non-hydrogen) atoms. The van der Waals surface area contributed by atoms with Gasteiger partial charge in [-0.3, -0.25) is 38.4 Å². The Balaban J connectivity index is 2.11. The lowest BCUT2D eigenvalue weighted by molar-refractivity contribution is -0.141. The van der Waals surface area contributed by atoms with Crippen LogP contribution in [0.4, 0.5) is 4.79 Å². The van der Waals surface area contributed by atoms with Crippen LogP contribution >= 0.6 is 0 Å². The normalized spacial score (nSPS) is 13.4. The molecular weight excluding hydrogens is 883 g/mol. The van der Waals surface area contributed by atoms with Crippen LogP contribution in [0.1, 0.15) is 69.9 Å². The molecule has 0 aliphatic carbocycles. The number of urea groups is 1. The van der Waals surface area contributed by atoms with Gasteiger partial charge in [0.05, 0.1) is 6.42 Å². The van der Waals surface area contributed by atoms with Crippen LogP contribution in [0.5, 0.6) is 0 Å². The van der Waals surface area contributed by atoms with Crippen LogP contribution in [0.2, 0.25) is 0 Å². The van der Waals surface area contributed by atoms with E-state index < -0.39 is 140 Å². The Hall–Kier alpha value is -7.63. The Labute approximate surface area is 384 Å². The van der Waals surface area contributed by atoms with Crippen LogP contribution in [0, 0.1) is 0 Å².